The number of carbonyl (C=O) groups is 2. The Morgan fingerprint density at radius 2 is 1.70 bits per heavy atom. The van der Waals surface area contributed by atoms with Gasteiger partial charge in [-0.25, -0.2) is 9.59 Å². The first kappa shape index (κ1) is 22.3. The van der Waals surface area contributed by atoms with Crippen molar-refractivity contribution in [1.29, 1.82) is 0 Å². The summed E-state index contributed by atoms with van der Waals surface area (Å²) < 4.78 is 22.4. The highest BCUT2D eigenvalue weighted by Crippen LogP contribution is 2.37. The zero-order valence-electron chi connectivity index (χ0n) is 18.7. The zero-order chi connectivity index (χ0) is 23.5. The number of benzene rings is 2. The highest BCUT2D eigenvalue weighted by molar-refractivity contribution is 6.05. The van der Waals surface area contributed by atoms with Crippen LogP contribution in [0.2, 0.25) is 0 Å². The van der Waals surface area contributed by atoms with Crippen molar-refractivity contribution in [3.8, 4) is 17.1 Å². The molecule has 7 heteroatoms. The Kier molecular flexibility index (Phi) is 6.31. The van der Waals surface area contributed by atoms with Gasteiger partial charge in [0.25, 0.3) is 0 Å². The summed E-state index contributed by atoms with van der Waals surface area (Å²) in [7, 11) is 0. The van der Waals surface area contributed by atoms with Crippen molar-refractivity contribution in [3.05, 3.63) is 69.4 Å². The van der Waals surface area contributed by atoms with E-state index in [4.69, 9.17) is 18.6 Å². The Bertz CT molecular complexity index is 1300. The van der Waals surface area contributed by atoms with Gasteiger partial charge in [0.2, 0.25) is 6.10 Å². The van der Waals surface area contributed by atoms with Gasteiger partial charge in [-0.15, -0.1) is 0 Å². The molecule has 2 heterocycles. The van der Waals surface area contributed by atoms with Gasteiger partial charge in [-0.1, -0.05) is 37.3 Å². The van der Waals surface area contributed by atoms with Crippen LogP contribution in [0.15, 0.2) is 57.2 Å². The van der Waals surface area contributed by atoms with Gasteiger partial charge < -0.3 is 18.6 Å². The molecule has 0 aliphatic carbocycles. The van der Waals surface area contributed by atoms with Gasteiger partial charge in [0.1, 0.15) is 17.1 Å². The van der Waals surface area contributed by atoms with E-state index in [1.54, 1.807) is 26.0 Å². The third-order valence-electron chi connectivity index (χ3n) is 5.38. The van der Waals surface area contributed by atoms with Crippen molar-refractivity contribution in [2.24, 2.45) is 0 Å². The smallest absolute Gasteiger partial charge is 0.352 e. The van der Waals surface area contributed by atoms with Gasteiger partial charge in [-0.05, 0) is 38.5 Å². The van der Waals surface area contributed by atoms with Crippen LogP contribution in [0.25, 0.3) is 28.4 Å². The average Bonchev–Trinajstić information content (AvgIpc) is 2.83. The molecule has 1 aliphatic rings. The first-order valence-electron chi connectivity index (χ1n) is 10.9. The van der Waals surface area contributed by atoms with E-state index in [1.165, 1.54) is 6.08 Å². The normalized spacial score (nSPS) is 14.8. The maximum absolute atomic E-state index is 13.3. The molecule has 0 saturated heterocycles. The monoisotopic (exact) mass is 448 g/mol. The Hall–Kier alpha value is -3.87. The Morgan fingerprint density at radius 1 is 0.970 bits per heavy atom. The lowest BCUT2D eigenvalue weighted by Gasteiger charge is -2.25. The van der Waals surface area contributed by atoms with Crippen LogP contribution >= 0.6 is 0 Å². The molecular weight excluding hydrogens is 424 g/mol. The Morgan fingerprint density at radius 3 is 2.36 bits per heavy atom. The molecular formula is C26H24O7. The molecule has 1 aromatic heterocycles. The first-order valence-corrected chi connectivity index (χ1v) is 10.9. The van der Waals surface area contributed by atoms with Crippen molar-refractivity contribution in [2.45, 2.75) is 33.3 Å². The molecule has 1 aliphatic heterocycles. The van der Waals surface area contributed by atoms with E-state index in [2.05, 4.69) is 0 Å². The minimum absolute atomic E-state index is 0.0150. The van der Waals surface area contributed by atoms with Crippen molar-refractivity contribution in [3.63, 3.8) is 0 Å². The number of rotatable bonds is 6. The van der Waals surface area contributed by atoms with Crippen molar-refractivity contribution < 1.29 is 28.2 Å². The second-order valence-corrected chi connectivity index (χ2v) is 7.38. The van der Waals surface area contributed by atoms with E-state index in [-0.39, 0.29) is 29.8 Å². The fourth-order valence-electron chi connectivity index (χ4n) is 3.88. The standard InChI is InChI=1S/C26H24O7/c1-4-16-21(27)17-12-13-20-18(23(17)33-22(16)15-10-8-7-9-11-15)14-19(25(28)30-5-2)24(32-20)26(29)31-6-3/h7-14,24H,4-6H2,1-3H3. The van der Waals surface area contributed by atoms with Gasteiger partial charge in [0, 0.05) is 11.1 Å². The van der Waals surface area contributed by atoms with Crippen molar-refractivity contribution in [2.75, 3.05) is 13.2 Å². The number of hydrogen-bond donors (Lipinski definition) is 0. The van der Waals surface area contributed by atoms with E-state index in [9.17, 15) is 14.4 Å². The second-order valence-electron chi connectivity index (χ2n) is 7.38. The predicted molar refractivity (Wildman–Crippen MR) is 123 cm³/mol. The van der Waals surface area contributed by atoms with Crippen LogP contribution in [-0.4, -0.2) is 31.3 Å². The predicted octanol–water partition coefficient (Wildman–Crippen LogP) is 4.29. The molecule has 7 nitrogen and oxygen atoms in total. The SMILES string of the molecule is CCOC(=O)C1=Cc2c(ccc3c(=O)c(CC)c(-c4ccccc4)oc23)OC1C(=O)OCC. The van der Waals surface area contributed by atoms with Gasteiger partial charge in [0.15, 0.2) is 5.43 Å². The van der Waals surface area contributed by atoms with Crippen LogP contribution in [0.5, 0.6) is 5.75 Å². The van der Waals surface area contributed by atoms with Gasteiger partial charge in [-0.3, -0.25) is 4.79 Å². The van der Waals surface area contributed by atoms with Gasteiger partial charge in [-0.2, -0.15) is 0 Å². The second kappa shape index (κ2) is 9.32. The van der Waals surface area contributed by atoms with Crippen LogP contribution in [0.4, 0.5) is 0 Å². The summed E-state index contributed by atoms with van der Waals surface area (Å²) in [4.78, 5) is 38.5. The summed E-state index contributed by atoms with van der Waals surface area (Å²) in [6, 6.07) is 12.6. The molecule has 0 spiro atoms. The lowest BCUT2D eigenvalue weighted by atomic mass is 9.97. The lowest BCUT2D eigenvalue weighted by molar-refractivity contribution is -0.153. The Labute approximate surface area is 190 Å². The Balaban J connectivity index is 1.98. The van der Waals surface area contributed by atoms with Crippen LogP contribution in [-0.2, 0) is 25.5 Å². The molecule has 0 fully saturated rings. The van der Waals surface area contributed by atoms with Crippen LogP contribution in [0, 0.1) is 0 Å². The molecule has 0 amide bonds. The minimum Gasteiger partial charge on any atom is -0.473 e. The molecule has 3 aromatic rings. The molecule has 4 rings (SSSR count). The molecule has 0 saturated carbocycles. The van der Waals surface area contributed by atoms with E-state index in [0.29, 0.717) is 34.4 Å². The molecule has 1 unspecified atom stereocenters. The largest absolute Gasteiger partial charge is 0.473 e. The van der Waals surface area contributed by atoms with E-state index in [0.717, 1.165) is 5.56 Å². The van der Waals surface area contributed by atoms with Crippen molar-refractivity contribution >= 4 is 29.0 Å². The van der Waals surface area contributed by atoms with Crippen LogP contribution in [0.1, 0.15) is 31.9 Å². The third-order valence-corrected chi connectivity index (χ3v) is 5.38. The zero-order valence-corrected chi connectivity index (χ0v) is 18.7. The fourth-order valence-corrected chi connectivity index (χ4v) is 3.88. The number of ether oxygens (including phenoxy) is 3. The third kappa shape index (κ3) is 4.02. The summed E-state index contributed by atoms with van der Waals surface area (Å²) >= 11 is 0. The number of fused-ring (bicyclic) bond motifs is 3. The highest BCUT2D eigenvalue weighted by Gasteiger charge is 2.37. The molecule has 170 valence electrons. The van der Waals surface area contributed by atoms with E-state index in [1.807, 2.05) is 37.3 Å². The maximum atomic E-state index is 13.3. The molecule has 0 bridgehead atoms. The van der Waals surface area contributed by atoms with Crippen LogP contribution in [0.3, 0.4) is 0 Å². The molecule has 2 aromatic carbocycles. The number of esters is 2. The maximum Gasteiger partial charge on any atom is 0.352 e. The quantitative estimate of drug-likeness (QED) is 0.519. The highest BCUT2D eigenvalue weighted by atomic mass is 16.6. The van der Waals surface area contributed by atoms with Crippen LogP contribution < -0.4 is 10.2 Å². The van der Waals surface area contributed by atoms with Gasteiger partial charge >= 0.3 is 11.9 Å². The number of carbonyl (C=O) groups excluding carboxylic acids is 2. The topological polar surface area (TPSA) is 92.0 Å². The molecule has 0 radical (unpaired) electrons. The van der Waals surface area contributed by atoms with E-state index < -0.39 is 18.0 Å². The fraction of sp³-hybridized carbons (Fsp3) is 0.269. The molecule has 1 atom stereocenters. The summed E-state index contributed by atoms with van der Waals surface area (Å²) in [5.74, 6) is -0.632. The summed E-state index contributed by atoms with van der Waals surface area (Å²) in [5.41, 5.74) is 1.83. The first-order chi connectivity index (χ1) is 16.0. The lowest BCUT2D eigenvalue weighted by Crippen LogP contribution is -2.37. The average molecular weight is 448 g/mol. The summed E-state index contributed by atoms with van der Waals surface area (Å²) in [5, 5.41) is 0.364. The molecule has 33 heavy (non-hydrogen) atoms. The molecule has 0 N–H and O–H groups in total. The van der Waals surface area contributed by atoms with Crippen molar-refractivity contribution in [1.82, 2.24) is 0 Å². The number of hydrogen-bond acceptors (Lipinski definition) is 7. The van der Waals surface area contributed by atoms with E-state index >= 15 is 0 Å². The van der Waals surface area contributed by atoms with Gasteiger partial charge in [0.05, 0.1) is 29.7 Å². The summed E-state index contributed by atoms with van der Waals surface area (Å²) in [6.07, 6.45) is 0.707. The minimum atomic E-state index is -1.27. The summed E-state index contributed by atoms with van der Waals surface area (Å²) in [6.45, 7) is 5.49.